The molecule has 3 rings (SSSR count). The summed E-state index contributed by atoms with van der Waals surface area (Å²) in [6.07, 6.45) is 4.55. The number of nitrogens with zero attached hydrogens (tertiary/aromatic N) is 3. The van der Waals surface area contributed by atoms with Crippen molar-refractivity contribution in [1.82, 2.24) is 20.2 Å². The topological polar surface area (TPSA) is 85.8 Å². The molecule has 0 radical (unpaired) electrons. The summed E-state index contributed by atoms with van der Waals surface area (Å²) >= 11 is 1.33. The van der Waals surface area contributed by atoms with Crippen LogP contribution in [0.2, 0.25) is 0 Å². The normalized spacial score (nSPS) is 16.2. The quantitative estimate of drug-likeness (QED) is 0.642. The van der Waals surface area contributed by atoms with Gasteiger partial charge in [-0.15, -0.1) is 10.2 Å². The van der Waals surface area contributed by atoms with Gasteiger partial charge in [0.15, 0.2) is 5.82 Å². The smallest absolute Gasteiger partial charge is 0.233 e. The maximum absolute atomic E-state index is 12.3. The Morgan fingerprint density at radius 2 is 1.96 bits per heavy atom. The molecular formula is C17H23N5OS. The predicted octanol–water partition coefficient (Wildman–Crippen LogP) is 2.51. The zero-order valence-electron chi connectivity index (χ0n) is 14.0. The lowest BCUT2D eigenvalue weighted by atomic mass is 10.1. The zero-order valence-corrected chi connectivity index (χ0v) is 14.8. The molecule has 24 heavy (non-hydrogen) atoms. The van der Waals surface area contributed by atoms with Gasteiger partial charge >= 0.3 is 0 Å². The van der Waals surface area contributed by atoms with Crippen LogP contribution < -0.4 is 11.2 Å². The molecule has 0 spiro atoms. The van der Waals surface area contributed by atoms with E-state index in [1.54, 1.807) is 0 Å². The molecule has 1 saturated carbocycles. The van der Waals surface area contributed by atoms with Crippen molar-refractivity contribution < 1.29 is 4.79 Å². The van der Waals surface area contributed by atoms with Crippen molar-refractivity contribution in [1.29, 1.82) is 0 Å². The lowest BCUT2D eigenvalue weighted by molar-refractivity contribution is -0.120. The van der Waals surface area contributed by atoms with Crippen LogP contribution in [-0.2, 0) is 4.79 Å². The Labute approximate surface area is 146 Å². The molecule has 7 heteroatoms. The van der Waals surface area contributed by atoms with Gasteiger partial charge in [0, 0.05) is 11.6 Å². The van der Waals surface area contributed by atoms with E-state index in [9.17, 15) is 4.79 Å². The second kappa shape index (κ2) is 7.25. The molecule has 0 bridgehead atoms. The molecule has 2 aromatic rings. The van der Waals surface area contributed by atoms with Crippen molar-refractivity contribution in [2.75, 3.05) is 5.84 Å². The summed E-state index contributed by atoms with van der Waals surface area (Å²) in [6, 6.07) is 8.27. The Morgan fingerprint density at radius 1 is 1.29 bits per heavy atom. The molecule has 128 valence electrons. The average molecular weight is 345 g/mol. The van der Waals surface area contributed by atoms with E-state index in [0.29, 0.717) is 17.0 Å². The van der Waals surface area contributed by atoms with E-state index in [0.717, 1.165) is 18.4 Å². The molecule has 1 atom stereocenters. The highest BCUT2D eigenvalue weighted by Crippen LogP contribution is 2.25. The largest absolute Gasteiger partial charge is 0.352 e. The number of hydrogen-bond donors (Lipinski definition) is 2. The summed E-state index contributed by atoms with van der Waals surface area (Å²) in [5, 5.41) is 11.7. The van der Waals surface area contributed by atoms with Crippen LogP contribution in [0.3, 0.4) is 0 Å². The van der Waals surface area contributed by atoms with Gasteiger partial charge in [0.1, 0.15) is 0 Å². The second-order valence-corrected chi connectivity index (χ2v) is 7.60. The van der Waals surface area contributed by atoms with Crippen LogP contribution >= 0.6 is 11.8 Å². The van der Waals surface area contributed by atoms with E-state index in [4.69, 9.17) is 5.84 Å². The summed E-state index contributed by atoms with van der Waals surface area (Å²) in [5.74, 6) is 6.76. The van der Waals surface area contributed by atoms with E-state index in [1.165, 1.54) is 34.8 Å². The lowest BCUT2D eigenvalue weighted by Gasteiger charge is -2.15. The molecule has 1 aliphatic rings. The summed E-state index contributed by atoms with van der Waals surface area (Å²) in [7, 11) is 0. The third-order valence-electron chi connectivity index (χ3n) is 4.33. The third kappa shape index (κ3) is 3.72. The fourth-order valence-electron chi connectivity index (χ4n) is 2.86. The molecule has 1 aromatic heterocycles. The van der Waals surface area contributed by atoms with Gasteiger partial charge < -0.3 is 11.2 Å². The molecular weight excluding hydrogens is 322 g/mol. The van der Waals surface area contributed by atoms with E-state index >= 15 is 0 Å². The van der Waals surface area contributed by atoms with Crippen molar-refractivity contribution >= 4 is 17.7 Å². The number of carbonyl (C=O) groups excluding carboxylic acids is 1. The van der Waals surface area contributed by atoms with Crippen LogP contribution in [0, 0.1) is 6.92 Å². The number of thioether (sulfide) groups is 1. The SMILES string of the molecule is Cc1ccc(-c2nnc(S[C@@H](C)C(=O)NC3CCCC3)n2N)cc1. The van der Waals surface area contributed by atoms with Gasteiger partial charge in [-0.1, -0.05) is 54.4 Å². The fourth-order valence-corrected chi connectivity index (χ4v) is 3.64. The molecule has 1 aliphatic carbocycles. The number of benzene rings is 1. The van der Waals surface area contributed by atoms with Crippen LogP contribution in [0.1, 0.15) is 38.2 Å². The third-order valence-corrected chi connectivity index (χ3v) is 5.38. The molecule has 1 aromatic carbocycles. The Kier molecular flexibility index (Phi) is 5.08. The van der Waals surface area contributed by atoms with Crippen molar-refractivity contribution in [3.05, 3.63) is 29.8 Å². The van der Waals surface area contributed by atoms with Crippen LogP contribution in [0.5, 0.6) is 0 Å². The van der Waals surface area contributed by atoms with Gasteiger partial charge in [-0.05, 0) is 26.7 Å². The number of hydrogen-bond acceptors (Lipinski definition) is 5. The highest BCUT2D eigenvalue weighted by atomic mass is 32.2. The van der Waals surface area contributed by atoms with Gasteiger partial charge in [0.2, 0.25) is 11.1 Å². The number of nitrogens with one attached hydrogen (secondary N) is 1. The average Bonchev–Trinajstić information content (AvgIpc) is 3.19. The van der Waals surface area contributed by atoms with Crippen LogP contribution in [-0.4, -0.2) is 32.1 Å². The zero-order chi connectivity index (χ0) is 17.1. The molecule has 0 saturated heterocycles. The maximum Gasteiger partial charge on any atom is 0.233 e. The molecule has 6 nitrogen and oxygen atoms in total. The number of carbonyl (C=O) groups is 1. The van der Waals surface area contributed by atoms with Crippen molar-refractivity contribution in [3.8, 4) is 11.4 Å². The van der Waals surface area contributed by atoms with E-state index < -0.39 is 0 Å². The van der Waals surface area contributed by atoms with Crippen molar-refractivity contribution in [3.63, 3.8) is 0 Å². The summed E-state index contributed by atoms with van der Waals surface area (Å²) in [6.45, 7) is 3.90. The number of nitrogens with two attached hydrogens (primary N) is 1. The minimum absolute atomic E-state index is 0.0341. The molecule has 0 unspecified atom stereocenters. The predicted molar refractivity (Wildman–Crippen MR) is 96.1 cm³/mol. The number of nitrogen functional groups attached to an aromatic ring is 1. The van der Waals surface area contributed by atoms with Crippen LogP contribution in [0.4, 0.5) is 0 Å². The van der Waals surface area contributed by atoms with E-state index in [-0.39, 0.29) is 11.2 Å². The first-order valence-electron chi connectivity index (χ1n) is 8.29. The molecule has 3 N–H and O–H groups in total. The Morgan fingerprint density at radius 3 is 2.62 bits per heavy atom. The molecule has 1 amide bonds. The lowest BCUT2D eigenvalue weighted by Crippen LogP contribution is -2.37. The van der Waals surface area contributed by atoms with Gasteiger partial charge in [-0.3, -0.25) is 4.79 Å². The Balaban J connectivity index is 1.66. The van der Waals surface area contributed by atoms with E-state index in [2.05, 4.69) is 15.5 Å². The number of rotatable bonds is 5. The maximum atomic E-state index is 12.3. The van der Waals surface area contributed by atoms with Gasteiger partial charge in [0.05, 0.1) is 5.25 Å². The first-order chi connectivity index (χ1) is 11.5. The molecule has 1 heterocycles. The standard InChI is InChI=1S/C17H23N5OS/c1-11-7-9-13(10-8-11)15-20-21-17(22(15)18)24-12(2)16(23)19-14-5-3-4-6-14/h7-10,12,14H,3-6,18H2,1-2H3,(H,19,23)/t12-/m0/s1. The Bertz CT molecular complexity index is 706. The summed E-state index contributed by atoms with van der Waals surface area (Å²) < 4.78 is 1.45. The van der Waals surface area contributed by atoms with Crippen LogP contribution in [0.15, 0.2) is 29.4 Å². The minimum Gasteiger partial charge on any atom is -0.352 e. The van der Waals surface area contributed by atoms with Gasteiger partial charge in [-0.2, -0.15) is 0 Å². The van der Waals surface area contributed by atoms with Crippen LogP contribution in [0.25, 0.3) is 11.4 Å². The second-order valence-electron chi connectivity index (χ2n) is 6.29. The first kappa shape index (κ1) is 16.8. The molecule has 0 aliphatic heterocycles. The number of aromatic nitrogens is 3. The highest BCUT2D eigenvalue weighted by molar-refractivity contribution is 8.00. The molecule has 1 fully saturated rings. The van der Waals surface area contributed by atoms with Crippen molar-refractivity contribution in [2.24, 2.45) is 0 Å². The number of aryl methyl sites for hydroxylation is 1. The Hall–Kier alpha value is -2.02. The highest BCUT2D eigenvalue weighted by Gasteiger charge is 2.23. The van der Waals surface area contributed by atoms with Crippen molar-refractivity contribution in [2.45, 2.75) is 56.0 Å². The summed E-state index contributed by atoms with van der Waals surface area (Å²) in [5.41, 5.74) is 2.08. The van der Waals surface area contributed by atoms with Gasteiger partial charge in [-0.25, -0.2) is 4.68 Å². The monoisotopic (exact) mass is 345 g/mol. The van der Waals surface area contributed by atoms with Gasteiger partial charge in [0.25, 0.3) is 0 Å². The number of amides is 1. The van der Waals surface area contributed by atoms with E-state index in [1.807, 2.05) is 38.1 Å². The first-order valence-corrected chi connectivity index (χ1v) is 9.17. The summed E-state index contributed by atoms with van der Waals surface area (Å²) in [4.78, 5) is 12.3. The fraction of sp³-hybridized carbons (Fsp3) is 0.471. The minimum atomic E-state index is -0.261.